The van der Waals surface area contributed by atoms with Crippen LogP contribution in [-0.4, -0.2) is 89.7 Å². The molecule has 0 spiro atoms. The Balaban J connectivity index is 1.58. The van der Waals surface area contributed by atoms with Crippen LogP contribution >= 0.6 is 0 Å². The van der Waals surface area contributed by atoms with E-state index in [1.165, 1.54) is 0 Å². The average Bonchev–Trinajstić information content (AvgIpc) is 3.56. The van der Waals surface area contributed by atoms with E-state index in [0.29, 0.717) is 44.0 Å². The predicted molar refractivity (Wildman–Crippen MR) is 148 cm³/mol. The van der Waals surface area contributed by atoms with Gasteiger partial charge in [0, 0.05) is 51.1 Å². The predicted octanol–water partition coefficient (Wildman–Crippen LogP) is 3.96. The minimum Gasteiger partial charge on any atom is -0.481 e. The van der Waals surface area contributed by atoms with E-state index >= 15 is 0 Å². The van der Waals surface area contributed by atoms with Crippen LogP contribution < -0.4 is 9.47 Å². The van der Waals surface area contributed by atoms with Crippen molar-refractivity contribution in [2.75, 3.05) is 46.1 Å². The molecule has 2 amide bonds. The Kier molecular flexibility index (Phi) is 9.41. The highest BCUT2D eigenvalue weighted by Crippen LogP contribution is 2.43. The molecular formula is C30H45N3O6. The third-order valence-electron chi connectivity index (χ3n) is 8.41. The van der Waals surface area contributed by atoms with E-state index in [1.807, 2.05) is 28.0 Å². The summed E-state index contributed by atoms with van der Waals surface area (Å²) in [4.78, 5) is 44.9. The standard InChI is InChI=1S/C30H45N3O6/c1-5-7-12-31(13-8-6-2)27(35)18-33-17-22(21-9-10-24-25(15-21)39-20-38-24)28(29(36)37)23(33)11-14-32-19-30(3,4)16-26(32)34/h9-10,15,22-23,28H,5-8,11-14,16-20H2,1-4H3,(H,36,37)/t22-,23+,28?/m1/s1. The number of carboxylic acid groups (broad SMARTS) is 1. The minimum atomic E-state index is -0.875. The molecule has 0 radical (unpaired) electrons. The first-order valence-electron chi connectivity index (χ1n) is 14.6. The molecule has 39 heavy (non-hydrogen) atoms. The molecule has 1 aromatic carbocycles. The zero-order valence-corrected chi connectivity index (χ0v) is 24.0. The number of amides is 2. The molecule has 0 saturated carbocycles. The van der Waals surface area contributed by atoms with Crippen LogP contribution in [0.3, 0.4) is 0 Å². The molecule has 2 saturated heterocycles. The normalized spacial score (nSPS) is 23.9. The van der Waals surface area contributed by atoms with Crippen molar-refractivity contribution in [2.45, 2.75) is 78.2 Å². The molecule has 216 valence electrons. The SMILES string of the molecule is CCCCN(CCCC)C(=O)CN1C[C@H](c2ccc3c(c2)OCO3)C(C(=O)O)[C@@H]1CCN1CC(C)(C)CC1=O. The largest absolute Gasteiger partial charge is 0.481 e. The maximum absolute atomic E-state index is 13.6. The molecule has 3 aliphatic heterocycles. The van der Waals surface area contributed by atoms with Crippen molar-refractivity contribution in [3.05, 3.63) is 23.8 Å². The quantitative estimate of drug-likeness (QED) is 0.402. The lowest BCUT2D eigenvalue weighted by atomic mass is 9.84. The van der Waals surface area contributed by atoms with Crippen molar-refractivity contribution < 1.29 is 29.0 Å². The highest BCUT2D eigenvalue weighted by molar-refractivity contribution is 5.80. The van der Waals surface area contributed by atoms with Gasteiger partial charge in [-0.15, -0.1) is 0 Å². The van der Waals surface area contributed by atoms with Crippen molar-refractivity contribution in [2.24, 2.45) is 11.3 Å². The highest BCUT2D eigenvalue weighted by Gasteiger charge is 2.48. The molecule has 0 aromatic heterocycles. The van der Waals surface area contributed by atoms with Crippen molar-refractivity contribution in [3.8, 4) is 11.5 Å². The highest BCUT2D eigenvalue weighted by atomic mass is 16.7. The topological polar surface area (TPSA) is 99.6 Å². The number of ether oxygens (including phenoxy) is 2. The van der Waals surface area contributed by atoms with E-state index in [1.54, 1.807) is 0 Å². The first-order valence-corrected chi connectivity index (χ1v) is 14.6. The maximum Gasteiger partial charge on any atom is 0.308 e. The minimum absolute atomic E-state index is 0.0516. The molecule has 3 atom stereocenters. The van der Waals surface area contributed by atoms with Crippen LogP contribution in [0.4, 0.5) is 0 Å². The van der Waals surface area contributed by atoms with E-state index in [0.717, 1.165) is 44.3 Å². The van der Waals surface area contributed by atoms with E-state index in [4.69, 9.17) is 9.47 Å². The van der Waals surface area contributed by atoms with Crippen LogP contribution in [0.25, 0.3) is 0 Å². The second kappa shape index (κ2) is 12.6. The number of aliphatic carboxylic acids is 1. The maximum atomic E-state index is 13.6. The summed E-state index contributed by atoms with van der Waals surface area (Å²) in [5.41, 5.74) is 0.793. The smallest absolute Gasteiger partial charge is 0.308 e. The Bertz CT molecular complexity index is 1040. The number of carbonyl (C=O) groups is 3. The average molecular weight is 544 g/mol. The molecule has 9 heteroatoms. The summed E-state index contributed by atoms with van der Waals surface area (Å²) in [6, 6.07) is 5.27. The third-order valence-corrected chi connectivity index (χ3v) is 8.41. The second-order valence-electron chi connectivity index (χ2n) is 12.1. The van der Waals surface area contributed by atoms with Gasteiger partial charge >= 0.3 is 5.97 Å². The summed E-state index contributed by atoms with van der Waals surface area (Å²) in [7, 11) is 0. The number of benzene rings is 1. The molecule has 1 aromatic rings. The van der Waals surface area contributed by atoms with Gasteiger partial charge < -0.3 is 24.4 Å². The third kappa shape index (κ3) is 6.86. The van der Waals surface area contributed by atoms with Crippen LogP contribution in [0.1, 0.15) is 77.7 Å². The fourth-order valence-corrected chi connectivity index (χ4v) is 6.34. The molecular weight excluding hydrogens is 498 g/mol. The summed E-state index contributed by atoms with van der Waals surface area (Å²) in [6.45, 7) is 11.8. The van der Waals surface area contributed by atoms with E-state index < -0.39 is 11.9 Å². The summed E-state index contributed by atoms with van der Waals surface area (Å²) >= 11 is 0. The molecule has 0 aliphatic carbocycles. The van der Waals surface area contributed by atoms with Gasteiger partial charge in [-0.1, -0.05) is 46.6 Å². The molecule has 1 N–H and O–H groups in total. The molecule has 0 bridgehead atoms. The van der Waals surface area contributed by atoms with Crippen molar-refractivity contribution in [1.82, 2.24) is 14.7 Å². The fraction of sp³-hybridized carbons (Fsp3) is 0.700. The lowest BCUT2D eigenvalue weighted by Gasteiger charge is -2.31. The number of likely N-dealkylation sites (tertiary alicyclic amines) is 2. The molecule has 3 aliphatic rings. The Labute approximate surface area is 232 Å². The summed E-state index contributed by atoms with van der Waals surface area (Å²) in [6.07, 6.45) is 4.93. The first kappa shape index (κ1) is 29.2. The van der Waals surface area contributed by atoms with Gasteiger partial charge in [-0.05, 0) is 42.4 Å². The van der Waals surface area contributed by atoms with Crippen molar-refractivity contribution >= 4 is 17.8 Å². The van der Waals surface area contributed by atoms with Crippen LogP contribution in [0.15, 0.2) is 18.2 Å². The van der Waals surface area contributed by atoms with E-state index in [2.05, 4.69) is 32.6 Å². The van der Waals surface area contributed by atoms with Crippen molar-refractivity contribution in [1.29, 1.82) is 0 Å². The first-order chi connectivity index (χ1) is 18.6. The summed E-state index contributed by atoms with van der Waals surface area (Å²) in [5, 5.41) is 10.5. The molecule has 2 fully saturated rings. The van der Waals surface area contributed by atoms with Gasteiger partial charge in [-0.2, -0.15) is 0 Å². The number of nitrogens with zero attached hydrogens (tertiary/aromatic N) is 3. The Hall–Kier alpha value is -2.81. The van der Waals surface area contributed by atoms with Crippen LogP contribution in [-0.2, 0) is 14.4 Å². The lowest BCUT2D eigenvalue weighted by Crippen LogP contribution is -2.45. The van der Waals surface area contributed by atoms with Gasteiger partial charge in [0.2, 0.25) is 18.6 Å². The van der Waals surface area contributed by atoms with Crippen LogP contribution in [0.2, 0.25) is 0 Å². The zero-order chi connectivity index (χ0) is 28.2. The number of rotatable bonds is 13. The fourth-order valence-electron chi connectivity index (χ4n) is 6.34. The van der Waals surface area contributed by atoms with Gasteiger partial charge in [0.1, 0.15) is 0 Å². The molecule has 9 nitrogen and oxygen atoms in total. The summed E-state index contributed by atoms with van der Waals surface area (Å²) < 4.78 is 11.0. The number of carbonyl (C=O) groups excluding carboxylic acids is 2. The van der Waals surface area contributed by atoms with Gasteiger partial charge in [0.05, 0.1) is 12.5 Å². The van der Waals surface area contributed by atoms with Gasteiger partial charge in [0.25, 0.3) is 0 Å². The van der Waals surface area contributed by atoms with Gasteiger partial charge in [0.15, 0.2) is 11.5 Å². The summed E-state index contributed by atoms with van der Waals surface area (Å²) in [5.74, 6) is -0.438. The Morgan fingerprint density at radius 1 is 1.10 bits per heavy atom. The number of carboxylic acids is 1. The zero-order valence-electron chi connectivity index (χ0n) is 24.0. The molecule has 3 heterocycles. The Morgan fingerprint density at radius 2 is 1.79 bits per heavy atom. The number of hydrogen-bond donors (Lipinski definition) is 1. The second-order valence-corrected chi connectivity index (χ2v) is 12.1. The molecule has 4 rings (SSSR count). The Morgan fingerprint density at radius 3 is 2.41 bits per heavy atom. The van der Waals surface area contributed by atoms with Gasteiger partial charge in [-0.3, -0.25) is 19.3 Å². The monoisotopic (exact) mass is 543 g/mol. The van der Waals surface area contributed by atoms with Gasteiger partial charge in [-0.25, -0.2) is 0 Å². The number of hydrogen-bond acceptors (Lipinski definition) is 6. The van der Waals surface area contributed by atoms with Crippen LogP contribution in [0, 0.1) is 11.3 Å². The molecule has 1 unspecified atom stereocenters. The van der Waals surface area contributed by atoms with Crippen molar-refractivity contribution in [3.63, 3.8) is 0 Å². The lowest BCUT2D eigenvalue weighted by molar-refractivity contribution is -0.144. The van der Waals surface area contributed by atoms with E-state index in [9.17, 15) is 19.5 Å². The number of unbranched alkanes of at least 4 members (excludes halogenated alkanes) is 2. The van der Waals surface area contributed by atoms with Crippen LogP contribution in [0.5, 0.6) is 11.5 Å². The number of fused-ring (bicyclic) bond motifs is 1. The van der Waals surface area contributed by atoms with E-state index in [-0.39, 0.29) is 42.5 Å².